The molecule has 0 aliphatic carbocycles. The lowest BCUT2D eigenvalue weighted by Crippen LogP contribution is -2.23. The molecule has 2 aromatic rings. The summed E-state index contributed by atoms with van der Waals surface area (Å²) in [4.78, 5) is 0.140. The number of sulfonamides is 1. The van der Waals surface area contributed by atoms with Gasteiger partial charge in [0.1, 0.15) is 5.75 Å². The van der Waals surface area contributed by atoms with Crippen LogP contribution in [-0.2, 0) is 16.6 Å². The number of hydrogen-bond acceptors (Lipinski definition) is 5. The average molecular weight is 349 g/mol. The van der Waals surface area contributed by atoms with Crippen molar-refractivity contribution in [3.8, 4) is 17.2 Å². The molecule has 128 valence electrons. The molecule has 24 heavy (non-hydrogen) atoms. The molecule has 7 heteroatoms. The van der Waals surface area contributed by atoms with Gasteiger partial charge in [0.2, 0.25) is 10.0 Å². The minimum atomic E-state index is -3.67. The number of fused-ring (bicyclic) bond motifs is 1. The Hall–Kier alpha value is -2.25. The molecule has 0 amide bonds. The van der Waals surface area contributed by atoms with E-state index in [9.17, 15) is 8.42 Å². The molecule has 6 nitrogen and oxygen atoms in total. The molecule has 3 rings (SSSR count). The molecule has 2 aromatic carbocycles. The molecule has 0 saturated carbocycles. The van der Waals surface area contributed by atoms with E-state index in [0.717, 1.165) is 12.0 Å². The Labute approximate surface area is 141 Å². The quantitative estimate of drug-likeness (QED) is 0.897. The van der Waals surface area contributed by atoms with Crippen molar-refractivity contribution >= 4 is 10.0 Å². The first-order chi connectivity index (χ1) is 11.6. The second-order valence-corrected chi connectivity index (χ2v) is 7.06. The lowest BCUT2D eigenvalue weighted by molar-refractivity contribution is 0.297. The van der Waals surface area contributed by atoms with Gasteiger partial charge >= 0.3 is 0 Å². The highest BCUT2D eigenvalue weighted by molar-refractivity contribution is 7.89. The Morgan fingerprint density at radius 1 is 1.08 bits per heavy atom. The summed E-state index contributed by atoms with van der Waals surface area (Å²) in [5, 5.41) is 0. The molecular weight excluding hydrogens is 330 g/mol. The van der Waals surface area contributed by atoms with Crippen LogP contribution in [0.25, 0.3) is 0 Å². The Morgan fingerprint density at radius 3 is 2.62 bits per heavy atom. The van der Waals surface area contributed by atoms with E-state index in [0.29, 0.717) is 30.5 Å². The van der Waals surface area contributed by atoms with E-state index in [4.69, 9.17) is 14.2 Å². The van der Waals surface area contributed by atoms with E-state index >= 15 is 0 Å². The van der Waals surface area contributed by atoms with E-state index in [-0.39, 0.29) is 11.4 Å². The number of methoxy groups -OCH3 is 1. The van der Waals surface area contributed by atoms with Crippen molar-refractivity contribution in [3.63, 3.8) is 0 Å². The monoisotopic (exact) mass is 349 g/mol. The summed E-state index contributed by atoms with van der Waals surface area (Å²) in [6.45, 7) is 1.21. The van der Waals surface area contributed by atoms with Gasteiger partial charge in [0, 0.05) is 24.6 Å². The summed E-state index contributed by atoms with van der Waals surface area (Å²) in [6.07, 6.45) is 0.767. The van der Waals surface area contributed by atoms with Crippen molar-refractivity contribution in [2.24, 2.45) is 0 Å². The molecule has 0 atom stereocenters. The van der Waals surface area contributed by atoms with E-state index in [1.807, 2.05) is 18.2 Å². The molecular formula is C17H19NO5S. The van der Waals surface area contributed by atoms with Crippen molar-refractivity contribution < 1.29 is 22.6 Å². The molecule has 0 spiro atoms. The normalized spacial score (nSPS) is 14.0. The van der Waals surface area contributed by atoms with Crippen LogP contribution in [0, 0.1) is 0 Å². The first-order valence-electron chi connectivity index (χ1n) is 7.61. The topological polar surface area (TPSA) is 73.9 Å². The largest absolute Gasteiger partial charge is 0.496 e. The predicted molar refractivity (Wildman–Crippen MR) is 89.1 cm³/mol. The Balaban J connectivity index is 1.79. The summed E-state index contributed by atoms with van der Waals surface area (Å²) < 4.78 is 43.9. The molecule has 1 aliphatic rings. The Bertz CT molecular complexity index is 819. The summed E-state index contributed by atoms with van der Waals surface area (Å²) in [6, 6.07) is 11.9. The number of ether oxygens (including phenoxy) is 3. The lowest BCUT2D eigenvalue weighted by atomic mass is 10.2. The number of hydrogen-bond donors (Lipinski definition) is 1. The molecule has 0 bridgehead atoms. The maximum absolute atomic E-state index is 12.5. The number of benzene rings is 2. The fourth-order valence-corrected chi connectivity index (χ4v) is 3.44. The van der Waals surface area contributed by atoms with E-state index < -0.39 is 10.0 Å². The summed E-state index contributed by atoms with van der Waals surface area (Å²) in [5.74, 6) is 1.66. The maximum Gasteiger partial charge on any atom is 0.241 e. The van der Waals surface area contributed by atoms with Gasteiger partial charge < -0.3 is 14.2 Å². The molecule has 1 heterocycles. The SMILES string of the molecule is COc1ccccc1CNS(=O)(=O)c1ccc2c(c1)OCCCO2. The second-order valence-electron chi connectivity index (χ2n) is 5.30. The van der Waals surface area contributed by atoms with Crippen molar-refractivity contribution in [1.82, 2.24) is 4.72 Å². The van der Waals surface area contributed by atoms with Crippen molar-refractivity contribution in [3.05, 3.63) is 48.0 Å². The molecule has 1 N–H and O–H groups in total. The van der Waals surface area contributed by atoms with E-state index in [1.54, 1.807) is 19.2 Å². The minimum absolute atomic E-state index is 0.140. The van der Waals surface area contributed by atoms with Crippen LogP contribution < -0.4 is 18.9 Å². The number of nitrogens with one attached hydrogen (secondary N) is 1. The predicted octanol–water partition coefficient (Wildman–Crippen LogP) is 2.33. The summed E-state index contributed by atoms with van der Waals surface area (Å²) >= 11 is 0. The Morgan fingerprint density at radius 2 is 1.83 bits per heavy atom. The van der Waals surface area contributed by atoms with Crippen LogP contribution in [0.2, 0.25) is 0 Å². The van der Waals surface area contributed by atoms with E-state index in [1.165, 1.54) is 12.1 Å². The lowest BCUT2D eigenvalue weighted by Gasteiger charge is -2.12. The number of rotatable bonds is 5. The molecule has 0 radical (unpaired) electrons. The molecule has 1 aliphatic heterocycles. The smallest absolute Gasteiger partial charge is 0.241 e. The Kier molecular flexibility index (Phi) is 4.92. The summed E-state index contributed by atoms with van der Waals surface area (Å²) in [5.41, 5.74) is 0.762. The van der Waals surface area contributed by atoms with Crippen LogP contribution in [0.1, 0.15) is 12.0 Å². The van der Waals surface area contributed by atoms with Gasteiger partial charge in [-0.15, -0.1) is 0 Å². The van der Waals surface area contributed by atoms with Crippen molar-refractivity contribution in [2.45, 2.75) is 17.9 Å². The maximum atomic E-state index is 12.5. The van der Waals surface area contributed by atoms with Gasteiger partial charge in [0.05, 0.1) is 25.2 Å². The minimum Gasteiger partial charge on any atom is -0.496 e. The van der Waals surface area contributed by atoms with Crippen LogP contribution in [0.5, 0.6) is 17.2 Å². The molecule has 0 aromatic heterocycles. The number of para-hydroxylation sites is 1. The van der Waals surface area contributed by atoms with Gasteiger partial charge in [-0.25, -0.2) is 13.1 Å². The third-order valence-electron chi connectivity index (χ3n) is 3.67. The second kappa shape index (κ2) is 7.11. The third-order valence-corrected chi connectivity index (χ3v) is 5.07. The van der Waals surface area contributed by atoms with Crippen molar-refractivity contribution in [1.29, 1.82) is 0 Å². The van der Waals surface area contributed by atoms with Crippen LogP contribution >= 0.6 is 0 Å². The molecule has 0 unspecified atom stereocenters. The van der Waals surface area contributed by atoms with Crippen molar-refractivity contribution in [2.75, 3.05) is 20.3 Å². The fraction of sp³-hybridized carbons (Fsp3) is 0.294. The zero-order chi connectivity index (χ0) is 17.0. The highest BCUT2D eigenvalue weighted by Gasteiger charge is 2.19. The van der Waals surface area contributed by atoms with Gasteiger partial charge in [-0.1, -0.05) is 18.2 Å². The first-order valence-corrected chi connectivity index (χ1v) is 9.10. The first kappa shape index (κ1) is 16.6. The van der Waals surface area contributed by atoms with Gasteiger partial charge in [0.15, 0.2) is 11.5 Å². The summed E-state index contributed by atoms with van der Waals surface area (Å²) in [7, 11) is -2.12. The van der Waals surface area contributed by atoms with Crippen LogP contribution in [0.15, 0.2) is 47.4 Å². The highest BCUT2D eigenvalue weighted by atomic mass is 32.2. The highest BCUT2D eigenvalue weighted by Crippen LogP contribution is 2.32. The van der Waals surface area contributed by atoms with Gasteiger partial charge in [0.25, 0.3) is 0 Å². The van der Waals surface area contributed by atoms with Gasteiger partial charge in [-0.05, 0) is 18.2 Å². The van der Waals surface area contributed by atoms with E-state index in [2.05, 4.69) is 4.72 Å². The van der Waals surface area contributed by atoms with Gasteiger partial charge in [-0.3, -0.25) is 0 Å². The van der Waals surface area contributed by atoms with Crippen LogP contribution in [-0.4, -0.2) is 28.7 Å². The standard InChI is InChI=1S/C17H19NO5S/c1-21-15-6-3-2-5-13(15)12-18-24(19,20)14-7-8-16-17(11-14)23-10-4-9-22-16/h2-3,5-8,11,18H,4,9-10,12H2,1H3. The average Bonchev–Trinajstić information content (AvgIpc) is 2.85. The molecule has 0 fully saturated rings. The van der Waals surface area contributed by atoms with Crippen LogP contribution in [0.4, 0.5) is 0 Å². The fourth-order valence-electron chi connectivity index (χ4n) is 2.42. The molecule has 0 saturated heterocycles. The zero-order valence-corrected chi connectivity index (χ0v) is 14.1. The third kappa shape index (κ3) is 3.63. The van der Waals surface area contributed by atoms with Crippen LogP contribution in [0.3, 0.4) is 0 Å². The van der Waals surface area contributed by atoms with Gasteiger partial charge in [-0.2, -0.15) is 0 Å². The zero-order valence-electron chi connectivity index (χ0n) is 13.3.